The Balaban J connectivity index is 0.000000135. The second kappa shape index (κ2) is 6.88. The van der Waals surface area contributed by atoms with Crippen LogP contribution >= 0.6 is 0 Å². The fourth-order valence-corrected chi connectivity index (χ4v) is 0.0913. The summed E-state index contributed by atoms with van der Waals surface area (Å²) in [5.74, 6) is 0. The minimum absolute atomic E-state index is 0.122. The lowest BCUT2D eigenvalue weighted by atomic mass is 10.8. The molecule has 0 spiro atoms. The molecule has 0 atom stereocenters. The van der Waals surface area contributed by atoms with Gasteiger partial charge in [-0.25, -0.2) is 0 Å². The fourth-order valence-electron chi connectivity index (χ4n) is 0.0913. The molecule has 1 rings (SSSR count). The molecule has 1 aliphatic heterocycles. The summed E-state index contributed by atoms with van der Waals surface area (Å²) in [6.45, 7) is 2.57. The van der Waals surface area contributed by atoms with Crippen LogP contribution < -0.4 is 0 Å². The molecular formula is C5H12O3. The third kappa shape index (κ3) is 16.9. The Bertz CT molecular complexity index is 31.9. The molecule has 0 amide bonds. The highest BCUT2D eigenvalue weighted by Crippen LogP contribution is 1.84. The molecule has 8 heavy (non-hydrogen) atoms. The van der Waals surface area contributed by atoms with Crippen molar-refractivity contribution in [3.05, 3.63) is 0 Å². The quantitative estimate of drug-likeness (QED) is 0.506. The maximum Gasteiger partial charge on any atom is 0.0701 e. The molecule has 0 aromatic rings. The molecule has 0 bridgehead atoms. The van der Waals surface area contributed by atoms with Crippen molar-refractivity contribution >= 4 is 0 Å². The van der Waals surface area contributed by atoms with Crippen molar-refractivity contribution < 1.29 is 14.6 Å². The van der Waals surface area contributed by atoms with Crippen molar-refractivity contribution in [1.29, 1.82) is 0 Å². The minimum Gasteiger partial charge on any atom is -0.394 e. The maximum absolute atomic E-state index is 7.94. The zero-order chi connectivity index (χ0) is 6.24. The molecule has 0 aromatic heterocycles. The largest absolute Gasteiger partial charge is 0.394 e. The smallest absolute Gasteiger partial charge is 0.0701 e. The highest BCUT2D eigenvalue weighted by Gasteiger charge is 1.94. The number of aliphatic hydroxyl groups excluding tert-OH is 1. The van der Waals surface area contributed by atoms with Crippen molar-refractivity contribution in [1.82, 2.24) is 0 Å². The number of methoxy groups -OCH3 is 1. The van der Waals surface area contributed by atoms with Crippen LogP contribution in [0.2, 0.25) is 0 Å². The van der Waals surface area contributed by atoms with Crippen molar-refractivity contribution in [2.75, 3.05) is 33.5 Å². The van der Waals surface area contributed by atoms with Gasteiger partial charge in [0.1, 0.15) is 0 Å². The van der Waals surface area contributed by atoms with Gasteiger partial charge in [0.15, 0.2) is 0 Å². The summed E-state index contributed by atoms with van der Waals surface area (Å²) in [5.41, 5.74) is 0. The van der Waals surface area contributed by atoms with E-state index in [1.807, 2.05) is 0 Å². The lowest BCUT2D eigenvalue weighted by Gasteiger charge is -1.84. The van der Waals surface area contributed by atoms with Crippen molar-refractivity contribution in [2.24, 2.45) is 0 Å². The molecule has 1 fully saturated rings. The Morgan fingerprint density at radius 3 is 2.12 bits per heavy atom. The molecule has 0 radical (unpaired) electrons. The van der Waals surface area contributed by atoms with Crippen LogP contribution in [0.3, 0.4) is 0 Å². The number of ether oxygens (including phenoxy) is 2. The lowest BCUT2D eigenvalue weighted by Crippen LogP contribution is -1.91. The Morgan fingerprint density at radius 2 is 2.12 bits per heavy atom. The summed E-state index contributed by atoms with van der Waals surface area (Å²) >= 11 is 0. The van der Waals surface area contributed by atoms with Crippen LogP contribution in [0.1, 0.15) is 0 Å². The van der Waals surface area contributed by atoms with E-state index in [0.29, 0.717) is 6.61 Å². The van der Waals surface area contributed by atoms with Crippen molar-refractivity contribution in [2.45, 2.75) is 0 Å². The average molecular weight is 120 g/mol. The molecule has 0 saturated carbocycles. The highest BCUT2D eigenvalue weighted by atomic mass is 16.6. The first-order chi connectivity index (χ1) is 3.91. The van der Waals surface area contributed by atoms with Gasteiger partial charge in [0.05, 0.1) is 26.4 Å². The zero-order valence-corrected chi connectivity index (χ0v) is 5.09. The normalized spacial score (nSPS) is 14.2. The van der Waals surface area contributed by atoms with Crippen LogP contribution in [-0.2, 0) is 9.47 Å². The molecule has 1 saturated heterocycles. The Kier molecular flexibility index (Phi) is 6.78. The third-order valence-corrected chi connectivity index (χ3v) is 0.500. The van der Waals surface area contributed by atoms with Crippen LogP contribution in [-0.4, -0.2) is 38.6 Å². The zero-order valence-electron chi connectivity index (χ0n) is 5.09. The Morgan fingerprint density at radius 1 is 1.62 bits per heavy atom. The molecule has 0 aliphatic carbocycles. The van der Waals surface area contributed by atoms with Crippen LogP contribution in [0, 0.1) is 0 Å². The minimum atomic E-state index is 0.122. The number of aliphatic hydroxyl groups is 1. The summed E-state index contributed by atoms with van der Waals surface area (Å²) in [6.07, 6.45) is 0. The van der Waals surface area contributed by atoms with Gasteiger partial charge >= 0.3 is 0 Å². The van der Waals surface area contributed by atoms with Crippen molar-refractivity contribution in [3.63, 3.8) is 0 Å². The summed E-state index contributed by atoms with van der Waals surface area (Å²) in [7, 11) is 1.55. The Labute approximate surface area is 49.2 Å². The number of hydrogen-bond donors (Lipinski definition) is 1. The average Bonchev–Trinajstić information content (AvgIpc) is 2.50. The van der Waals surface area contributed by atoms with Gasteiger partial charge in [0.2, 0.25) is 0 Å². The summed E-state index contributed by atoms with van der Waals surface area (Å²) in [4.78, 5) is 0. The van der Waals surface area contributed by atoms with Gasteiger partial charge in [0, 0.05) is 7.11 Å². The van der Waals surface area contributed by atoms with Crippen LogP contribution in [0.4, 0.5) is 0 Å². The predicted molar refractivity (Wildman–Crippen MR) is 29.8 cm³/mol. The Hall–Kier alpha value is -0.120. The first kappa shape index (κ1) is 7.88. The van der Waals surface area contributed by atoms with Gasteiger partial charge in [-0.3, -0.25) is 0 Å². The van der Waals surface area contributed by atoms with E-state index in [4.69, 9.17) is 5.11 Å². The van der Waals surface area contributed by atoms with Gasteiger partial charge in [-0.05, 0) is 0 Å². The van der Waals surface area contributed by atoms with E-state index in [1.165, 1.54) is 0 Å². The van der Waals surface area contributed by atoms with Gasteiger partial charge in [-0.1, -0.05) is 0 Å². The lowest BCUT2D eigenvalue weighted by molar-refractivity contribution is 0.135. The maximum atomic E-state index is 7.94. The SMILES string of the molecule is C1CO1.COCCO. The highest BCUT2D eigenvalue weighted by molar-refractivity contribution is 4.36. The molecule has 3 nitrogen and oxygen atoms in total. The molecule has 0 aromatic carbocycles. The molecule has 1 aliphatic rings. The number of rotatable bonds is 2. The molecule has 50 valence electrons. The van der Waals surface area contributed by atoms with Gasteiger partial charge in [0.25, 0.3) is 0 Å². The van der Waals surface area contributed by atoms with Crippen LogP contribution in [0.5, 0.6) is 0 Å². The number of epoxide rings is 1. The summed E-state index contributed by atoms with van der Waals surface area (Å²) in [6, 6.07) is 0. The monoisotopic (exact) mass is 120 g/mol. The molecular weight excluding hydrogens is 108 g/mol. The second-order valence-electron chi connectivity index (χ2n) is 1.33. The first-order valence-electron chi connectivity index (χ1n) is 2.59. The van der Waals surface area contributed by atoms with E-state index in [1.54, 1.807) is 7.11 Å². The van der Waals surface area contributed by atoms with E-state index in [2.05, 4.69) is 9.47 Å². The van der Waals surface area contributed by atoms with Crippen LogP contribution in [0.15, 0.2) is 0 Å². The first-order valence-corrected chi connectivity index (χ1v) is 2.59. The van der Waals surface area contributed by atoms with Gasteiger partial charge in [-0.15, -0.1) is 0 Å². The third-order valence-electron chi connectivity index (χ3n) is 0.500. The molecule has 0 unspecified atom stereocenters. The molecule has 1 heterocycles. The van der Waals surface area contributed by atoms with E-state index >= 15 is 0 Å². The standard InChI is InChI=1S/C3H8O2.C2H4O/c1-5-3-2-4;1-2-3-1/h4H,2-3H2,1H3;1-2H2. The summed E-state index contributed by atoms with van der Waals surface area (Å²) in [5, 5.41) is 7.94. The summed E-state index contributed by atoms with van der Waals surface area (Å²) < 4.78 is 8.94. The number of hydrogen-bond acceptors (Lipinski definition) is 3. The van der Waals surface area contributed by atoms with Crippen molar-refractivity contribution in [3.8, 4) is 0 Å². The predicted octanol–water partition coefficient (Wildman–Crippen LogP) is -0.358. The van der Waals surface area contributed by atoms with E-state index < -0.39 is 0 Å². The van der Waals surface area contributed by atoms with E-state index in [9.17, 15) is 0 Å². The van der Waals surface area contributed by atoms with E-state index in [-0.39, 0.29) is 6.61 Å². The van der Waals surface area contributed by atoms with Gasteiger partial charge in [-0.2, -0.15) is 0 Å². The second-order valence-corrected chi connectivity index (χ2v) is 1.33. The van der Waals surface area contributed by atoms with E-state index in [0.717, 1.165) is 13.2 Å². The van der Waals surface area contributed by atoms with Crippen LogP contribution in [0.25, 0.3) is 0 Å². The topological polar surface area (TPSA) is 42.0 Å². The molecule has 1 N–H and O–H groups in total. The fraction of sp³-hybridized carbons (Fsp3) is 1.00. The molecule has 3 heteroatoms. The van der Waals surface area contributed by atoms with Gasteiger partial charge < -0.3 is 14.6 Å².